The highest BCUT2D eigenvalue weighted by Gasteiger charge is 2.15. The highest BCUT2D eigenvalue weighted by atomic mass is 19.1. The van der Waals surface area contributed by atoms with Gasteiger partial charge in [-0.2, -0.15) is 5.26 Å². The zero-order valence-corrected chi connectivity index (χ0v) is 12.2. The van der Waals surface area contributed by atoms with E-state index in [0.29, 0.717) is 19.6 Å². The van der Waals surface area contributed by atoms with Crippen LogP contribution in [0.15, 0.2) is 42.5 Å². The lowest BCUT2D eigenvalue weighted by molar-refractivity contribution is 0.312. The summed E-state index contributed by atoms with van der Waals surface area (Å²) in [6.45, 7) is 0.889. The highest BCUT2D eigenvalue weighted by Crippen LogP contribution is 2.24. The van der Waals surface area contributed by atoms with Gasteiger partial charge in [0.15, 0.2) is 11.6 Å². The van der Waals surface area contributed by atoms with E-state index in [1.54, 1.807) is 13.1 Å². The van der Waals surface area contributed by atoms with E-state index in [2.05, 4.69) is 0 Å². The summed E-state index contributed by atoms with van der Waals surface area (Å²) in [5.41, 5.74) is -0.154. The van der Waals surface area contributed by atoms with Crippen LogP contribution in [-0.4, -0.2) is 20.2 Å². The molecule has 3 nitrogen and oxygen atoms in total. The van der Waals surface area contributed by atoms with Crippen LogP contribution in [0.25, 0.3) is 0 Å². The molecule has 0 amide bonds. The molecule has 0 spiro atoms. The van der Waals surface area contributed by atoms with E-state index in [-0.39, 0.29) is 11.3 Å². The third-order valence-corrected chi connectivity index (χ3v) is 3.18. The number of ether oxygens (including phenoxy) is 1. The Kier molecular flexibility index (Phi) is 5.31. The van der Waals surface area contributed by atoms with Gasteiger partial charge in [0, 0.05) is 13.6 Å². The second kappa shape index (κ2) is 7.41. The number of nitrogens with zero attached hydrogens (tertiary/aromatic N) is 2. The van der Waals surface area contributed by atoms with Crippen molar-refractivity contribution in [1.82, 2.24) is 0 Å². The van der Waals surface area contributed by atoms with Crippen molar-refractivity contribution >= 4 is 5.69 Å². The molecular formula is C17H16F2N2O. The zero-order chi connectivity index (χ0) is 15.9. The first-order chi connectivity index (χ1) is 10.6. The monoisotopic (exact) mass is 302 g/mol. The van der Waals surface area contributed by atoms with Gasteiger partial charge < -0.3 is 9.64 Å². The second-order valence-electron chi connectivity index (χ2n) is 4.84. The Bertz CT molecular complexity index is 645. The fourth-order valence-electron chi connectivity index (χ4n) is 2.11. The molecule has 2 aromatic carbocycles. The second-order valence-corrected chi connectivity index (χ2v) is 4.84. The Labute approximate surface area is 128 Å². The Morgan fingerprint density at radius 2 is 1.77 bits per heavy atom. The number of benzene rings is 2. The molecule has 114 valence electrons. The first-order valence-electron chi connectivity index (χ1n) is 6.90. The van der Waals surface area contributed by atoms with Crippen LogP contribution in [0.1, 0.15) is 12.0 Å². The average Bonchev–Trinajstić information content (AvgIpc) is 2.51. The van der Waals surface area contributed by atoms with E-state index < -0.39 is 11.6 Å². The van der Waals surface area contributed by atoms with E-state index in [9.17, 15) is 8.78 Å². The Balaban J connectivity index is 1.90. The minimum Gasteiger partial charge on any atom is -0.494 e. The third-order valence-electron chi connectivity index (χ3n) is 3.18. The molecule has 0 aliphatic rings. The summed E-state index contributed by atoms with van der Waals surface area (Å²) in [6.07, 6.45) is 0.615. The van der Waals surface area contributed by atoms with Gasteiger partial charge in [-0.25, -0.2) is 8.78 Å². The third kappa shape index (κ3) is 3.95. The molecule has 0 aliphatic carbocycles. The molecular weight excluding hydrogens is 286 g/mol. The summed E-state index contributed by atoms with van der Waals surface area (Å²) in [5, 5.41) is 8.68. The molecule has 0 unspecified atom stereocenters. The van der Waals surface area contributed by atoms with Crippen molar-refractivity contribution in [1.29, 1.82) is 5.26 Å². The lowest BCUT2D eigenvalue weighted by Crippen LogP contribution is -2.22. The van der Waals surface area contributed by atoms with Gasteiger partial charge in [-0.05, 0) is 30.7 Å². The quantitative estimate of drug-likeness (QED) is 0.763. The van der Waals surface area contributed by atoms with E-state index in [0.717, 1.165) is 17.9 Å². The van der Waals surface area contributed by atoms with E-state index >= 15 is 0 Å². The van der Waals surface area contributed by atoms with Crippen LogP contribution in [0, 0.1) is 23.0 Å². The Morgan fingerprint density at radius 1 is 1.14 bits per heavy atom. The van der Waals surface area contributed by atoms with Crippen molar-refractivity contribution in [3.63, 3.8) is 0 Å². The van der Waals surface area contributed by atoms with Gasteiger partial charge in [-0.1, -0.05) is 18.2 Å². The summed E-state index contributed by atoms with van der Waals surface area (Å²) in [5.74, 6) is -0.702. The summed E-state index contributed by atoms with van der Waals surface area (Å²) in [6, 6.07) is 13.2. The van der Waals surface area contributed by atoms with Crippen molar-refractivity contribution in [3.05, 3.63) is 59.7 Å². The predicted molar refractivity (Wildman–Crippen MR) is 80.9 cm³/mol. The SMILES string of the molecule is CN(CCCOc1ccccc1)c1c(F)cc(C#N)cc1F. The van der Waals surface area contributed by atoms with Crippen LogP contribution in [0.5, 0.6) is 5.75 Å². The summed E-state index contributed by atoms with van der Waals surface area (Å²) in [4.78, 5) is 1.49. The number of hydrogen-bond donors (Lipinski definition) is 0. The molecule has 0 atom stereocenters. The molecule has 0 radical (unpaired) electrons. The molecule has 22 heavy (non-hydrogen) atoms. The van der Waals surface area contributed by atoms with Gasteiger partial charge in [-0.15, -0.1) is 0 Å². The van der Waals surface area contributed by atoms with Crippen molar-refractivity contribution < 1.29 is 13.5 Å². The van der Waals surface area contributed by atoms with Crippen molar-refractivity contribution in [2.75, 3.05) is 25.1 Å². The van der Waals surface area contributed by atoms with Crippen LogP contribution in [-0.2, 0) is 0 Å². The average molecular weight is 302 g/mol. The molecule has 0 bridgehead atoms. The van der Waals surface area contributed by atoms with Crippen LogP contribution in [0.3, 0.4) is 0 Å². The number of para-hydroxylation sites is 1. The molecule has 0 heterocycles. The summed E-state index contributed by atoms with van der Waals surface area (Å²) >= 11 is 0. The maximum absolute atomic E-state index is 13.9. The minimum absolute atomic E-state index is 0.0282. The number of halogens is 2. The van der Waals surface area contributed by atoms with Gasteiger partial charge in [0.1, 0.15) is 11.4 Å². The van der Waals surface area contributed by atoms with Crippen LogP contribution >= 0.6 is 0 Å². The summed E-state index contributed by atoms with van der Waals surface area (Å²) < 4.78 is 33.2. The maximum atomic E-state index is 13.9. The van der Waals surface area contributed by atoms with Crippen molar-refractivity contribution in [3.8, 4) is 11.8 Å². The molecule has 0 N–H and O–H groups in total. The fraction of sp³-hybridized carbons (Fsp3) is 0.235. The van der Waals surface area contributed by atoms with E-state index in [1.165, 1.54) is 4.90 Å². The fourth-order valence-corrected chi connectivity index (χ4v) is 2.11. The van der Waals surface area contributed by atoms with Crippen molar-refractivity contribution in [2.24, 2.45) is 0 Å². The number of hydrogen-bond acceptors (Lipinski definition) is 3. The number of nitriles is 1. The molecule has 0 fully saturated rings. The topological polar surface area (TPSA) is 36.3 Å². The van der Waals surface area contributed by atoms with Gasteiger partial charge in [0.2, 0.25) is 0 Å². The van der Waals surface area contributed by atoms with E-state index in [4.69, 9.17) is 10.00 Å². The first-order valence-corrected chi connectivity index (χ1v) is 6.90. The molecule has 0 aromatic heterocycles. The predicted octanol–water partition coefficient (Wildman–Crippen LogP) is 3.74. The lowest BCUT2D eigenvalue weighted by atomic mass is 10.2. The van der Waals surface area contributed by atoms with Crippen molar-refractivity contribution in [2.45, 2.75) is 6.42 Å². The van der Waals surface area contributed by atoms with Gasteiger partial charge in [0.05, 0.1) is 18.2 Å². The lowest BCUT2D eigenvalue weighted by Gasteiger charge is -2.20. The molecule has 2 rings (SSSR count). The van der Waals surface area contributed by atoms with Gasteiger partial charge >= 0.3 is 0 Å². The number of rotatable bonds is 6. The zero-order valence-electron chi connectivity index (χ0n) is 12.2. The smallest absolute Gasteiger partial charge is 0.150 e. The largest absolute Gasteiger partial charge is 0.494 e. The molecule has 0 saturated carbocycles. The standard InChI is InChI=1S/C17H16F2N2O/c1-21(8-5-9-22-14-6-3-2-4-7-14)17-15(18)10-13(12-20)11-16(17)19/h2-4,6-7,10-11H,5,8-9H2,1H3. The molecule has 0 saturated heterocycles. The van der Waals surface area contributed by atoms with E-state index in [1.807, 2.05) is 30.3 Å². The summed E-state index contributed by atoms with van der Waals surface area (Å²) in [7, 11) is 1.61. The minimum atomic E-state index is -0.733. The molecule has 5 heteroatoms. The highest BCUT2D eigenvalue weighted by molar-refractivity contribution is 5.52. The first kappa shape index (κ1) is 15.8. The number of anilines is 1. The van der Waals surface area contributed by atoms with Crippen LogP contribution in [0.2, 0.25) is 0 Å². The normalized spacial score (nSPS) is 10.1. The van der Waals surface area contributed by atoms with Crippen LogP contribution < -0.4 is 9.64 Å². The van der Waals surface area contributed by atoms with Gasteiger partial charge in [0.25, 0.3) is 0 Å². The van der Waals surface area contributed by atoms with Gasteiger partial charge in [-0.3, -0.25) is 0 Å². The molecule has 0 aliphatic heterocycles. The Morgan fingerprint density at radius 3 is 2.36 bits per heavy atom. The Hall–Kier alpha value is -2.61. The van der Waals surface area contributed by atoms with Crippen LogP contribution in [0.4, 0.5) is 14.5 Å². The molecule has 2 aromatic rings. The maximum Gasteiger partial charge on any atom is 0.150 e.